The highest BCUT2D eigenvalue weighted by Crippen LogP contribution is 2.64. The van der Waals surface area contributed by atoms with Gasteiger partial charge in [0.25, 0.3) is 0 Å². The van der Waals surface area contributed by atoms with Gasteiger partial charge in [0.05, 0.1) is 11.5 Å². The van der Waals surface area contributed by atoms with Gasteiger partial charge in [0, 0.05) is 28.4 Å². The molecular formula is C73H52N2. The average molecular weight is 957 g/mol. The third-order valence-electron chi connectivity index (χ3n) is 15.9. The Morgan fingerprint density at radius 2 is 0.640 bits per heavy atom. The summed E-state index contributed by atoms with van der Waals surface area (Å²) in [5.74, 6) is 0. The lowest BCUT2D eigenvalue weighted by molar-refractivity contribution is 0.663. The monoisotopic (exact) mass is 956 g/mol. The Balaban J connectivity index is 0.919. The van der Waals surface area contributed by atoms with Crippen molar-refractivity contribution in [3.05, 3.63) is 325 Å². The quantitative estimate of drug-likeness (QED) is 0.135. The van der Waals surface area contributed by atoms with Gasteiger partial charge in [-0.3, -0.25) is 0 Å². The van der Waals surface area contributed by atoms with Gasteiger partial charge in [-0.1, -0.05) is 237 Å². The molecule has 2 atom stereocenters. The third-order valence-corrected chi connectivity index (χ3v) is 15.9. The minimum atomic E-state index is -0.531. The molecule has 11 aromatic rings. The zero-order chi connectivity index (χ0) is 49.7. The maximum absolute atomic E-state index is 2.57. The lowest BCUT2D eigenvalue weighted by atomic mass is 9.67. The summed E-state index contributed by atoms with van der Waals surface area (Å²) < 4.78 is 0. The van der Waals surface area contributed by atoms with E-state index >= 15 is 0 Å². The van der Waals surface area contributed by atoms with Gasteiger partial charge in [-0.25, -0.2) is 0 Å². The second-order valence-electron chi connectivity index (χ2n) is 20.0. The van der Waals surface area contributed by atoms with E-state index in [9.17, 15) is 0 Å². The lowest BCUT2D eigenvalue weighted by Crippen LogP contribution is -2.36. The fourth-order valence-corrected chi connectivity index (χ4v) is 12.4. The number of rotatable bonds is 10. The lowest BCUT2D eigenvalue weighted by Gasteiger charge is -2.39. The Morgan fingerprint density at radius 3 is 1.09 bits per heavy atom. The number of benzene rings is 11. The Labute approximate surface area is 440 Å². The number of allylic oxidation sites excluding steroid dienone is 2. The topological polar surface area (TPSA) is 6.48 Å². The van der Waals surface area contributed by atoms with Crippen LogP contribution < -0.4 is 9.80 Å². The van der Waals surface area contributed by atoms with Crippen molar-refractivity contribution >= 4 is 34.0 Å². The average Bonchev–Trinajstić information content (AvgIpc) is 4.10. The number of fused-ring (bicyclic) bond motifs is 9. The molecule has 3 aliphatic carbocycles. The Kier molecular flexibility index (Phi) is 10.9. The molecule has 0 heterocycles. The maximum atomic E-state index is 2.57. The van der Waals surface area contributed by atoms with Crippen LogP contribution in [0.3, 0.4) is 0 Å². The summed E-state index contributed by atoms with van der Waals surface area (Å²) in [6, 6.07) is 105. The van der Waals surface area contributed by atoms with Crippen LogP contribution >= 0.6 is 0 Å². The molecule has 0 N–H and O–H groups in total. The molecular weight excluding hydrogens is 905 g/mol. The molecule has 0 aliphatic heterocycles. The van der Waals surface area contributed by atoms with Crippen LogP contribution in [0, 0.1) is 0 Å². The molecule has 11 aromatic carbocycles. The number of nitrogens with zero attached hydrogens (tertiary/aromatic N) is 2. The third kappa shape index (κ3) is 7.56. The summed E-state index contributed by atoms with van der Waals surface area (Å²) >= 11 is 0. The van der Waals surface area contributed by atoms with E-state index in [-0.39, 0.29) is 6.04 Å². The van der Waals surface area contributed by atoms with Crippen LogP contribution in [0.1, 0.15) is 28.7 Å². The summed E-state index contributed by atoms with van der Waals surface area (Å²) in [6.45, 7) is 0. The van der Waals surface area contributed by atoms with E-state index in [1.807, 2.05) is 0 Å². The van der Waals surface area contributed by atoms with Gasteiger partial charge in [-0.15, -0.1) is 0 Å². The van der Waals surface area contributed by atoms with Crippen molar-refractivity contribution in [2.24, 2.45) is 0 Å². The Hall–Kier alpha value is -9.50. The van der Waals surface area contributed by atoms with Crippen LogP contribution in [0.4, 0.5) is 28.4 Å². The molecule has 1 spiro atoms. The summed E-state index contributed by atoms with van der Waals surface area (Å²) in [5, 5.41) is 0. The summed E-state index contributed by atoms with van der Waals surface area (Å²) in [6.07, 6.45) is 5.73. The van der Waals surface area contributed by atoms with Gasteiger partial charge in [-0.2, -0.15) is 0 Å². The SMILES string of the molecule is C1=CC(N(c2ccc(-c3ccccc3)cc2)c2ccc(-c3ccccc3)cc2)CC2=C1c1ccccc1C21c2ccccc2-c2ccc(N(c3ccc(-c4ccccc4)cc3)c3ccc(-c4ccccc4)cc3)cc21. The van der Waals surface area contributed by atoms with Crippen LogP contribution in [0.5, 0.6) is 0 Å². The van der Waals surface area contributed by atoms with Crippen LogP contribution in [0.25, 0.3) is 61.2 Å². The first kappa shape index (κ1) is 44.2. The summed E-state index contributed by atoms with van der Waals surface area (Å²) in [4.78, 5) is 5.01. The fourth-order valence-electron chi connectivity index (χ4n) is 12.4. The molecule has 0 radical (unpaired) electrons. The normalized spacial score (nSPS) is 15.8. The van der Waals surface area contributed by atoms with E-state index in [2.05, 4.69) is 307 Å². The highest BCUT2D eigenvalue weighted by molar-refractivity contribution is 5.98. The predicted octanol–water partition coefficient (Wildman–Crippen LogP) is 19.1. The summed E-state index contributed by atoms with van der Waals surface area (Å²) in [7, 11) is 0. The Bertz CT molecular complexity index is 3750. The van der Waals surface area contributed by atoms with Crippen molar-refractivity contribution in [1.29, 1.82) is 0 Å². The van der Waals surface area contributed by atoms with Gasteiger partial charge in [-0.05, 0) is 156 Å². The smallest absolute Gasteiger partial charge is 0.0690 e. The molecule has 2 nitrogen and oxygen atoms in total. The van der Waals surface area contributed by atoms with Crippen molar-refractivity contribution in [2.75, 3.05) is 9.80 Å². The van der Waals surface area contributed by atoms with E-state index in [1.165, 1.54) is 89.0 Å². The number of hydrogen-bond donors (Lipinski definition) is 0. The molecule has 0 amide bonds. The zero-order valence-corrected chi connectivity index (χ0v) is 41.5. The molecule has 0 fully saturated rings. The van der Waals surface area contributed by atoms with Crippen LogP contribution in [0.2, 0.25) is 0 Å². The van der Waals surface area contributed by atoms with Gasteiger partial charge < -0.3 is 9.80 Å². The van der Waals surface area contributed by atoms with E-state index in [1.54, 1.807) is 0 Å². The Morgan fingerprint density at radius 1 is 0.293 bits per heavy atom. The first-order valence-corrected chi connectivity index (χ1v) is 26.2. The van der Waals surface area contributed by atoms with Crippen molar-refractivity contribution in [3.63, 3.8) is 0 Å². The van der Waals surface area contributed by atoms with Crippen LogP contribution in [-0.4, -0.2) is 6.04 Å². The first-order valence-electron chi connectivity index (χ1n) is 26.2. The van der Waals surface area contributed by atoms with E-state index in [4.69, 9.17) is 0 Å². The molecule has 0 bridgehead atoms. The van der Waals surface area contributed by atoms with Crippen molar-refractivity contribution in [1.82, 2.24) is 0 Å². The van der Waals surface area contributed by atoms with Crippen LogP contribution in [0.15, 0.2) is 303 Å². The molecule has 3 aliphatic rings. The highest BCUT2D eigenvalue weighted by Gasteiger charge is 2.53. The van der Waals surface area contributed by atoms with Crippen LogP contribution in [-0.2, 0) is 5.41 Å². The van der Waals surface area contributed by atoms with E-state index in [0.717, 1.165) is 34.9 Å². The zero-order valence-electron chi connectivity index (χ0n) is 41.5. The number of hydrogen-bond acceptors (Lipinski definition) is 2. The van der Waals surface area contributed by atoms with Gasteiger partial charge >= 0.3 is 0 Å². The highest BCUT2D eigenvalue weighted by atomic mass is 15.2. The number of anilines is 5. The predicted molar refractivity (Wildman–Crippen MR) is 314 cm³/mol. The second kappa shape index (κ2) is 18.5. The fraction of sp³-hybridized carbons (Fsp3) is 0.0411. The van der Waals surface area contributed by atoms with Gasteiger partial charge in [0.2, 0.25) is 0 Å². The largest absolute Gasteiger partial charge is 0.334 e. The van der Waals surface area contributed by atoms with E-state index in [0.29, 0.717) is 0 Å². The minimum absolute atomic E-state index is 0.0160. The van der Waals surface area contributed by atoms with Crippen molar-refractivity contribution in [3.8, 4) is 55.6 Å². The molecule has 354 valence electrons. The standard InChI is InChI=1S/C73H52N2/c1-5-17-51(18-6-1)55-29-37-59(38-30-55)74(60-39-31-56(32-40-60)52-19-7-2-8-20-52)63-45-47-67-65-25-13-15-27-69(65)73(71(67)49-63)70-28-16-14-26-66(70)68-48-46-64(50-72(68)73)75(61-41-33-57(34-42-61)53-21-9-3-10-22-53)62-43-35-58(36-44-62)54-23-11-4-12-24-54/h1-49,64H,50H2. The molecule has 14 rings (SSSR count). The molecule has 2 unspecified atom stereocenters. The minimum Gasteiger partial charge on any atom is -0.334 e. The maximum Gasteiger partial charge on any atom is 0.0690 e. The molecule has 2 heteroatoms. The van der Waals surface area contributed by atoms with Gasteiger partial charge in [0.15, 0.2) is 0 Å². The van der Waals surface area contributed by atoms with Crippen molar-refractivity contribution in [2.45, 2.75) is 17.9 Å². The summed E-state index contributed by atoms with van der Waals surface area (Å²) in [5.41, 5.74) is 25.4. The molecule has 0 saturated heterocycles. The second-order valence-corrected chi connectivity index (χ2v) is 20.0. The van der Waals surface area contributed by atoms with Gasteiger partial charge in [0.1, 0.15) is 0 Å². The molecule has 75 heavy (non-hydrogen) atoms. The molecule has 0 saturated carbocycles. The van der Waals surface area contributed by atoms with E-state index < -0.39 is 5.41 Å². The van der Waals surface area contributed by atoms with Crippen molar-refractivity contribution < 1.29 is 0 Å². The first-order chi connectivity index (χ1) is 37.2. The molecule has 0 aromatic heterocycles.